The van der Waals surface area contributed by atoms with Crippen molar-refractivity contribution in [1.29, 1.82) is 5.26 Å². The Labute approximate surface area is 168 Å². The molecule has 0 atom stereocenters. The first kappa shape index (κ1) is 21.4. The number of carboxylic acid groups (broad SMARTS) is 1. The molecule has 1 aliphatic rings. The minimum atomic E-state index is -9.80. The Morgan fingerprint density at radius 1 is 1.23 bits per heavy atom. The highest BCUT2D eigenvalue weighted by Crippen LogP contribution is 3.02. The number of nitriles is 1. The maximum atomic E-state index is 13.0. The summed E-state index contributed by atoms with van der Waals surface area (Å²) in [6, 6.07) is 5.81. The van der Waals surface area contributed by atoms with Crippen LogP contribution in [0.4, 0.5) is 25.1 Å². The van der Waals surface area contributed by atoms with Crippen LogP contribution in [0.15, 0.2) is 47.4 Å². The number of nitrogens with zero attached hydrogens (tertiary/aromatic N) is 1. The van der Waals surface area contributed by atoms with Crippen molar-refractivity contribution in [2.75, 3.05) is 18.5 Å². The highest BCUT2D eigenvalue weighted by molar-refractivity contribution is 8.45. The Kier molecular flexibility index (Phi) is 4.55. The quantitative estimate of drug-likeness (QED) is 0.428. The van der Waals surface area contributed by atoms with Crippen LogP contribution in [-0.2, 0) is 11.2 Å². The number of carboxylic acids is 1. The molecular weight excluding hydrogens is 431 g/mol. The maximum absolute atomic E-state index is 13.0. The highest BCUT2D eigenvalue weighted by atomic mass is 32.5. The summed E-state index contributed by atoms with van der Waals surface area (Å²) in [5.74, 6) is -0.966. The summed E-state index contributed by atoms with van der Waals surface area (Å²) < 4.78 is 70.4. The van der Waals surface area contributed by atoms with Crippen LogP contribution in [-0.4, -0.2) is 24.2 Å². The van der Waals surface area contributed by atoms with E-state index in [4.69, 9.17) is 9.84 Å². The third-order valence-electron chi connectivity index (χ3n) is 4.49. The number of hydrogen-bond donors (Lipinski definition) is 2. The number of aliphatic carboxylic acids is 1. The molecule has 30 heavy (non-hydrogen) atoms. The van der Waals surface area contributed by atoms with Crippen molar-refractivity contribution in [3.05, 3.63) is 53.6 Å². The van der Waals surface area contributed by atoms with Crippen LogP contribution in [0.5, 0.6) is 5.75 Å². The number of fused-ring (bicyclic) bond motifs is 1. The van der Waals surface area contributed by atoms with Crippen LogP contribution in [0, 0.1) is 11.3 Å². The maximum Gasteiger partial charge on any atom is 0.332 e. The summed E-state index contributed by atoms with van der Waals surface area (Å²) in [7, 11) is -9.80. The van der Waals surface area contributed by atoms with Crippen molar-refractivity contribution >= 4 is 21.9 Å². The van der Waals surface area contributed by atoms with E-state index in [2.05, 4.69) is 11.9 Å². The van der Waals surface area contributed by atoms with Gasteiger partial charge in [0.2, 0.25) is 0 Å². The average Bonchev–Trinajstić information content (AvgIpc) is 3.12. The van der Waals surface area contributed by atoms with E-state index in [1.165, 1.54) is 6.07 Å². The first-order valence-corrected chi connectivity index (χ1v) is 10.4. The lowest BCUT2D eigenvalue weighted by Crippen LogP contribution is -2.12. The van der Waals surface area contributed by atoms with E-state index in [-0.39, 0.29) is 41.3 Å². The van der Waals surface area contributed by atoms with Gasteiger partial charge >= 0.3 is 16.2 Å². The van der Waals surface area contributed by atoms with Gasteiger partial charge in [-0.2, -0.15) is 5.26 Å². The monoisotopic (exact) mass is 446 g/mol. The molecule has 0 unspecified atom stereocenters. The average molecular weight is 446 g/mol. The summed E-state index contributed by atoms with van der Waals surface area (Å²) in [5, 5.41) is 21.2. The molecule has 160 valence electrons. The van der Waals surface area contributed by atoms with Crippen molar-refractivity contribution in [3.63, 3.8) is 0 Å². The Bertz CT molecular complexity index is 1110. The van der Waals surface area contributed by atoms with Gasteiger partial charge < -0.3 is 15.2 Å². The van der Waals surface area contributed by atoms with Gasteiger partial charge in [0.25, 0.3) is 0 Å². The number of halogens is 5. The second-order valence-corrected chi connectivity index (χ2v) is 9.03. The van der Waals surface area contributed by atoms with Crippen LogP contribution >= 0.6 is 10.2 Å². The van der Waals surface area contributed by atoms with E-state index in [0.717, 1.165) is 12.1 Å². The molecule has 3 rings (SSSR count). The second-order valence-electron chi connectivity index (χ2n) is 6.62. The normalized spacial score (nSPS) is 15.2. The zero-order valence-corrected chi connectivity index (χ0v) is 16.0. The fourth-order valence-electron chi connectivity index (χ4n) is 3.03. The van der Waals surface area contributed by atoms with Gasteiger partial charge in [-0.05, 0) is 23.8 Å². The summed E-state index contributed by atoms with van der Waals surface area (Å²) in [6.07, 6.45) is 0.351. The Balaban J connectivity index is 2.09. The molecule has 0 fully saturated rings. The molecular formula is C19H15F5N2O3S. The lowest BCUT2D eigenvalue weighted by atomic mass is 9.95. The molecule has 2 aromatic carbocycles. The molecule has 0 aliphatic carbocycles. The number of carbonyl (C=O) groups is 1. The zero-order chi connectivity index (χ0) is 22.4. The smallest absolute Gasteiger partial charge is 0.332 e. The summed E-state index contributed by atoms with van der Waals surface area (Å²) in [6.45, 7) is 3.42. The molecule has 0 amide bonds. The van der Waals surface area contributed by atoms with E-state index < -0.39 is 21.1 Å². The van der Waals surface area contributed by atoms with Crippen molar-refractivity contribution in [2.24, 2.45) is 0 Å². The van der Waals surface area contributed by atoms with Crippen LogP contribution < -0.4 is 10.1 Å². The molecule has 0 spiro atoms. The number of hydrogen-bond acceptors (Lipinski definition) is 4. The molecule has 0 radical (unpaired) electrons. The van der Waals surface area contributed by atoms with E-state index in [9.17, 15) is 29.5 Å². The number of anilines is 1. The molecule has 0 aromatic heterocycles. The molecule has 1 aliphatic heterocycles. The number of nitrogens with one attached hydrogen (secondary N) is 1. The molecule has 0 saturated carbocycles. The summed E-state index contributed by atoms with van der Waals surface area (Å²) in [5.41, 5.74) is 1.22. The third kappa shape index (κ3) is 4.18. The topological polar surface area (TPSA) is 82.3 Å². The second kappa shape index (κ2) is 6.37. The van der Waals surface area contributed by atoms with Gasteiger partial charge in [-0.3, -0.25) is 0 Å². The fourth-order valence-corrected chi connectivity index (χ4v) is 3.68. The van der Waals surface area contributed by atoms with Crippen molar-refractivity contribution in [2.45, 2.75) is 11.3 Å². The number of benzene rings is 2. The minimum absolute atomic E-state index is 0.169. The first-order valence-electron chi connectivity index (χ1n) is 8.43. The lowest BCUT2D eigenvalue weighted by molar-refractivity contribution is -0.132. The molecule has 2 N–H and O–H groups in total. The molecule has 1 heterocycles. The molecule has 0 saturated heterocycles. The highest BCUT2D eigenvalue weighted by Gasteiger charge is 2.65. The molecule has 11 heteroatoms. The van der Waals surface area contributed by atoms with Gasteiger partial charge in [0.05, 0.1) is 17.9 Å². The van der Waals surface area contributed by atoms with E-state index >= 15 is 0 Å². The van der Waals surface area contributed by atoms with Crippen LogP contribution in [0.25, 0.3) is 11.1 Å². The number of ether oxygens (including phenoxy) is 1. The van der Waals surface area contributed by atoms with Gasteiger partial charge in [-0.15, -0.1) is 0 Å². The first-order chi connectivity index (χ1) is 13.7. The molecule has 0 bridgehead atoms. The Hall–Kier alpha value is -3.26. The van der Waals surface area contributed by atoms with Gasteiger partial charge in [0, 0.05) is 29.7 Å². The summed E-state index contributed by atoms with van der Waals surface area (Å²) >= 11 is 0. The standard InChI is InChI=1S/C19H15F5N2O3S/c1-11(19(27)28)10-26-17-8-15(18-14(6-7-29-18)16(17)9-25)12-2-4-13(5-3-12)30(20,21,22,23)24/h2-5,8,26H,1,6-7,10H2,(H,27,28). The van der Waals surface area contributed by atoms with Crippen LogP contribution in [0.2, 0.25) is 0 Å². The van der Waals surface area contributed by atoms with Gasteiger partial charge in [-0.1, -0.05) is 38.1 Å². The predicted octanol–water partition coefficient (Wildman–Crippen LogP) is 5.87. The van der Waals surface area contributed by atoms with Gasteiger partial charge in [0.15, 0.2) is 0 Å². The van der Waals surface area contributed by atoms with Crippen LogP contribution in [0.3, 0.4) is 0 Å². The Morgan fingerprint density at radius 3 is 2.40 bits per heavy atom. The van der Waals surface area contributed by atoms with Crippen LogP contribution in [0.1, 0.15) is 11.1 Å². The lowest BCUT2D eigenvalue weighted by Gasteiger charge is -2.40. The van der Waals surface area contributed by atoms with E-state index in [0.29, 0.717) is 29.7 Å². The van der Waals surface area contributed by atoms with Gasteiger partial charge in [0.1, 0.15) is 16.7 Å². The van der Waals surface area contributed by atoms with E-state index in [1.54, 1.807) is 0 Å². The van der Waals surface area contributed by atoms with Crippen molar-refractivity contribution in [3.8, 4) is 22.9 Å². The largest absolute Gasteiger partial charge is 0.492 e. The molecule has 5 nitrogen and oxygen atoms in total. The van der Waals surface area contributed by atoms with Crippen molar-refractivity contribution in [1.82, 2.24) is 0 Å². The fraction of sp³-hybridized carbons (Fsp3) is 0.158. The van der Waals surface area contributed by atoms with Crippen molar-refractivity contribution < 1.29 is 34.1 Å². The predicted molar refractivity (Wildman–Crippen MR) is 102 cm³/mol. The molecule has 2 aromatic rings. The number of rotatable bonds is 6. The Morgan fingerprint density at radius 2 is 1.87 bits per heavy atom. The van der Waals surface area contributed by atoms with Gasteiger partial charge in [-0.25, -0.2) is 4.79 Å². The van der Waals surface area contributed by atoms with E-state index in [1.807, 2.05) is 6.07 Å². The minimum Gasteiger partial charge on any atom is -0.492 e. The zero-order valence-electron chi connectivity index (χ0n) is 15.2. The third-order valence-corrected chi connectivity index (χ3v) is 5.66. The summed E-state index contributed by atoms with van der Waals surface area (Å²) in [4.78, 5) is 8.93. The SMILES string of the molecule is C=C(CNc1cc(-c2ccc(S(F)(F)(F)(F)F)cc2)c2c(c1C#N)CCO2)C(=O)O.